The monoisotopic (exact) mass is 573 g/mol. The van der Waals surface area contributed by atoms with Crippen LogP contribution in [0.4, 0.5) is 26.4 Å². The first-order valence-corrected chi connectivity index (χ1v) is 11.5. The first-order valence-electron chi connectivity index (χ1n) is 10.5. The lowest BCUT2D eigenvalue weighted by Gasteiger charge is -2.36. The number of nitrogens with zero attached hydrogens (tertiary/aromatic N) is 4. The average Bonchev–Trinajstić information content (AvgIpc) is 3.39. The first kappa shape index (κ1) is 23.6. The number of benzene rings is 1. The Labute approximate surface area is 204 Å². The van der Waals surface area contributed by atoms with Gasteiger partial charge in [-0.1, -0.05) is 0 Å². The fourth-order valence-electron chi connectivity index (χ4n) is 3.93. The predicted octanol–water partition coefficient (Wildman–Crippen LogP) is 2.75. The molecule has 0 unspecified atom stereocenters. The van der Waals surface area contributed by atoms with Crippen LogP contribution in [-0.2, 0) is 16.1 Å². The van der Waals surface area contributed by atoms with Crippen LogP contribution in [0.3, 0.4) is 0 Å². The van der Waals surface area contributed by atoms with Crippen LogP contribution < -0.4 is 18.4 Å². The molecule has 2 amide bonds. The van der Waals surface area contributed by atoms with Gasteiger partial charge in [0.05, 0.1) is 53.9 Å². The van der Waals surface area contributed by atoms with Gasteiger partial charge < -0.3 is 19.4 Å². The van der Waals surface area contributed by atoms with Crippen LogP contribution in [0.15, 0.2) is 34.7 Å². The number of halogens is 2. The Hall–Kier alpha value is -2.58. The van der Waals surface area contributed by atoms with Crippen molar-refractivity contribution in [3.63, 3.8) is 0 Å². The van der Waals surface area contributed by atoms with Crippen molar-refractivity contribution in [2.24, 2.45) is 0 Å². The first-order chi connectivity index (χ1) is 15.8. The minimum atomic E-state index is -0.556. The SMILES string of the molecule is CC(=O)NC[C@H]1CN(c2ccc(N3CCN(Cc4ccc(N(O)I)o4)CC3)c(F)c2)C(=O)O1. The van der Waals surface area contributed by atoms with Crippen molar-refractivity contribution in [3.8, 4) is 0 Å². The summed E-state index contributed by atoms with van der Waals surface area (Å²) in [6, 6.07) is 8.27. The number of ether oxygens (including phenoxy) is 1. The topological polar surface area (TPSA) is 102 Å². The van der Waals surface area contributed by atoms with E-state index in [1.807, 2.05) is 11.0 Å². The molecule has 1 atom stereocenters. The molecule has 2 aromatic rings. The van der Waals surface area contributed by atoms with Crippen molar-refractivity contribution in [1.29, 1.82) is 0 Å². The van der Waals surface area contributed by atoms with Crippen LogP contribution in [0.25, 0.3) is 0 Å². The van der Waals surface area contributed by atoms with Gasteiger partial charge in [-0.15, -0.1) is 0 Å². The number of furan rings is 1. The highest BCUT2D eigenvalue weighted by atomic mass is 127. The maximum Gasteiger partial charge on any atom is 0.414 e. The predicted molar refractivity (Wildman–Crippen MR) is 127 cm³/mol. The van der Waals surface area contributed by atoms with Crippen LogP contribution >= 0.6 is 22.9 Å². The molecule has 33 heavy (non-hydrogen) atoms. The summed E-state index contributed by atoms with van der Waals surface area (Å²) in [7, 11) is 0. The molecule has 3 heterocycles. The largest absolute Gasteiger partial charge is 0.442 e. The summed E-state index contributed by atoms with van der Waals surface area (Å²) in [5.74, 6) is 0.514. The summed E-state index contributed by atoms with van der Waals surface area (Å²) < 4.78 is 26.7. The lowest BCUT2D eigenvalue weighted by molar-refractivity contribution is -0.119. The molecule has 10 nitrogen and oxygen atoms in total. The van der Waals surface area contributed by atoms with Gasteiger partial charge in [0.15, 0.2) is 0 Å². The quantitative estimate of drug-likeness (QED) is 0.297. The third-order valence-corrected chi connectivity index (χ3v) is 6.09. The van der Waals surface area contributed by atoms with Gasteiger partial charge in [0.25, 0.3) is 0 Å². The normalized spacial score (nSPS) is 19.0. The molecule has 12 heteroatoms. The van der Waals surface area contributed by atoms with Gasteiger partial charge in [-0.05, 0) is 24.3 Å². The molecule has 2 fully saturated rings. The lowest BCUT2D eigenvalue weighted by atomic mass is 10.2. The molecule has 0 radical (unpaired) electrons. The van der Waals surface area contributed by atoms with E-state index in [4.69, 9.17) is 9.15 Å². The standard InChI is InChI=1S/C21H25FIN5O5/c1-14(29)24-11-17-13-27(21(30)33-17)15-2-4-19(18(22)10-15)26-8-6-25(7-9-26)12-16-3-5-20(32-16)28(23)31/h2-5,10,17,31H,6-9,11-13H2,1H3,(H,24,29)/t17-/m0/s1. The van der Waals surface area contributed by atoms with Gasteiger partial charge in [-0.25, -0.2) is 9.18 Å². The molecule has 2 N–H and O–H groups in total. The molecule has 0 aliphatic carbocycles. The van der Waals surface area contributed by atoms with E-state index in [0.29, 0.717) is 36.9 Å². The Morgan fingerprint density at radius 1 is 1.27 bits per heavy atom. The third kappa shape index (κ3) is 5.68. The molecule has 2 saturated heterocycles. The van der Waals surface area contributed by atoms with E-state index < -0.39 is 18.0 Å². The minimum absolute atomic E-state index is 0.202. The number of piperazine rings is 1. The Morgan fingerprint density at radius 3 is 2.67 bits per heavy atom. The van der Waals surface area contributed by atoms with Crippen molar-refractivity contribution in [2.75, 3.05) is 52.3 Å². The van der Waals surface area contributed by atoms with E-state index >= 15 is 0 Å². The van der Waals surface area contributed by atoms with E-state index in [1.165, 1.54) is 17.9 Å². The van der Waals surface area contributed by atoms with Crippen LogP contribution in [0, 0.1) is 5.82 Å². The number of carbonyl (C=O) groups excluding carboxylic acids is 2. The summed E-state index contributed by atoms with van der Waals surface area (Å²) >= 11 is 1.72. The molecule has 2 aliphatic rings. The number of hydrogen-bond donors (Lipinski definition) is 2. The maximum atomic E-state index is 15.0. The van der Waals surface area contributed by atoms with Gasteiger partial charge in [0, 0.05) is 39.2 Å². The minimum Gasteiger partial charge on any atom is -0.442 e. The second-order valence-electron chi connectivity index (χ2n) is 7.95. The van der Waals surface area contributed by atoms with Crippen LogP contribution in [0.1, 0.15) is 12.7 Å². The smallest absolute Gasteiger partial charge is 0.414 e. The zero-order valence-corrected chi connectivity index (χ0v) is 20.2. The zero-order chi connectivity index (χ0) is 23.5. The number of nitrogens with one attached hydrogen (secondary N) is 1. The average molecular weight is 573 g/mol. The number of anilines is 3. The molecule has 1 aromatic carbocycles. The maximum absolute atomic E-state index is 15.0. The van der Waals surface area contributed by atoms with Crippen LogP contribution in [-0.4, -0.2) is 67.5 Å². The molecule has 2 aliphatic heterocycles. The second-order valence-corrected chi connectivity index (χ2v) is 8.87. The van der Waals surface area contributed by atoms with Crippen molar-refractivity contribution < 1.29 is 28.3 Å². The third-order valence-electron chi connectivity index (χ3n) is 5.62. The van der Waals surface area contributed by atoms with Crippen molar-refractivity contribution >= 4 is 52.1 Å². The number of amides is 2. The molecular formula is C21H25FIN5O5. The summed E-state index contributed by atoms with van der Waals surface area (Å²) in [6.07, 6.45) is -1.03. The summed E-state index contributed by atoms with van der Waals surface area (Å²) in [5, 5.41) is 12.0. The van der Waals surface area contributed by atoms with Crippen molar-refractivity contribution in [1.82, 2.24) is 10.2 Å². The Kier molecular flexibility index (Phi) is 7.24. The summed E-state index contributed by atoms with van der Waals surface area (Å²) in [4.78, 5) is 28.8. The molecule has 1 aromatic heterocycles. The van der Waals surface area contributed by atoms with Gasteiger partial charge in [-0.3, -0.25) is 19.8 Å². The number of rotatable bonds is 7. The number of cyclic esters (lactones) is 1. The molecule has 0 saturated carbocycles. The molecule has 4 rings (SSSR count). The van der Waals surface area contributed by atoms with E-state index in [-0.39, 0.29) is 19.0 Å². The summed E-state index contributed by atoms with van der Waals surface area (Å²) in [5.41, 5.74) is 0.911. The fourth-order valence-corrected chi connectivity index (χ4v) is 4.19. The number of hydrogen-bond acceptors (Lipinski definition) is 8. The molecular weight excluding hydrogens is 548 g/mol. The Bertz CT molecular complexity index is 1010. The Balaban J connectivity index is 1.33. The van der Waals surface area contributed by atoms with Crippen molar-refractivity contribution in [3.05, 3.63) is 41.9 Å². The molecule has 178 valence electrons. The van der Waals surface area contributed by atoms with Gasteiger partial charge in [0.1, 0.15) is 17.7 Å². The zero-order valence-electron chi connectivity index (χ0n) is 18.0. The molecule has 0 spiro atoms. The fraction of sp³-hybridized carbons (Fsp3) is 0.429. The Morgan fingerprint density at radius 2 is 2.03 bits per heavy atom. The number of carbonyl (C=O) groups is 2. The highest BCUT2D eigenvalue weighted by Crippen LogP contribution is 2.29. The van der Waals surface area contributed by atoms with E-state index in [1.54, 1.807) is 41.1 Å². The van der Waals surface area contributed by atoms with Crippen LogP contribution in [0.2, 0.25) is 0 Å². The lowest BCUT2D eigenvalue weighted by Crippen LogP contribution is -2.46. The van der Waals surface area contributed by atoms with E-state index in [2.05, 4.69) is 10.2 Å². The van der Waals surface area contributed by atoms with Gasteiger partial charge in [-0.2, -0.15) is 3.28 Å². The van der Waals surface area contributed by atoms with Crippen LogP contribution in [0.5, 0.6) is 0 Å². The van der Waals surface area contributed by atoms with E-state index in [0.717, 1.165) is 22.1 Å². The molecule has 0 bridgehead atoms. The van der Waals surface area contributed by atoms with E-state index in [9.17, 15) is 19.2 Å². The second kappa shape index (κ2) is 10.1. The van der Waals surface area contributed by atoms with Crippen molar-refractivity contribution in [2.45, 2.75) is 19.6 Å². The summed E-state index contributed by atoms with van der Waals surface area (Å²) in [6.45, 7) is 5.22. The van der Waals surface area contributed by atoms with Gasteiger partial charge >= 0.3 is 6.09 Å². The highest BCUT2D eigenvalue weighted by molar-refractivity contribution is 14.1. The van der Waals surface area contributed by atoms with Gasteiger partial charge in [0.2, 0.25) is 11.8 Å². The highest BCUT2D eigenvalue weighted by Gasteiger charge is 2.33.